The molecule has 96 valence electrons. The Kier molecular flexibility index (Phi) is 3.56. The van der Waals surface area contributed by atoms with Crippen molar-refractivity contribution >= 4 is 29.3 Å². The minimum atomic E-state index is -0.954. The summed E-state index contributed by atoms with van der Waals surface area (Å²) in [5.74, 6) is -1.33. The molecule has 0 saturated carbocycles. The van der Waals surface area contributed by atoms with Crippen molar-refractivity contribution in [1.82, 2.24) is 0 Å². The second-order valence-corrected chi connectivity index (χ2v) is 4.91. The number of rotatable bonds is 2. The molecule has 2 rings (SSSR count). The lowest BCUT2D eigenvalue weighted by molar-refractivity contribution is -0.144. The van der Waals surface area contributed by atoms with Crippen LogP contribution in [0, 0.1) is 5.82 Å². The van der Waals surface area contributed by atoms with Gasteiger partial charge in [0.2, 0.25) is 0 Å². The largest absolute Gasteiger partial charge is 0.465 e. The lowest BCUT2D eigenvalue weighted by Crippen LogP contribution is -2.43. The molecule has 0 aliphatic carbocycles. The molecule has 4 nitrogen and oxygen atoms in total. The molecule has 1 aromatic rings. The highest BCUT2D eigenvalue weighted by Crippen LogP contribution is 2.39. The summed E-state index contributed by atoms with van der Waals surface area (Å²) in [4.78, 5) is 25.6. The summed E-state index contributed by atoms with van der Waals surface area (Å²) >= 11 is 1.03. The number of hydrogen-bond acceptors (Lipinski definition) is 4. The predicted molar refractivity (Wildman–Crippen MR) is 66.1 cm³/mol. The van der Waals surface area contributed by atoms with Crippen molar-refractivity contribution < 1.29 is 18.7 Å². The van der Waals surface area contributed by atoms with E-state index in [1.165, 1.54) is 23.1 Å². The quantitative estimate of drug-likeness (QED) is 0.607. The van der Waals surface area contributed by atoms with Crippen molar-refractivity contribution in [3.8, 4) is 0 Å². The third-order valence-corrected chi connectivity index (χ3v) is 3.79. The van der Waals surface area contributed by atoms with E-state index in [0.29, 0.717) is 10.6 Å². The molecule has 1 heterocycles. The van der Waals surface area contributed by atoms with E-state index in [1.807, 2.05) is 0 Å². The Hall–Kier alpha value is -1.56. The number of ether oxygens (including phenoxy) is 1. The van der Waals surface area contributed by atoms with Crippen molar-refractivity contribution in [3.63, 3.8) is 0 Å². The average Bonchev–Trinajstić information content (AvgIpc) is 2.33. The Labute approximate surface area is 108 Å². The highest BCUT2D eigenvalue weighted by Gasteiger charge is 2.37. The summed E-state index contributed by atoms with van der Waals surface area (Å²) in [6.07, 6.45) is 0. The van der Waals surface area contributed by atoms with Gasteiger partial charge in [0.1, 0.15) is 5.82 Å². The van der Waals surface area contributed by atoms with Gasteiger partial charge >= 0.3 is 5.97 Å². The molecule has 0 bridgehead atoms. The molecule has 0 N–H and O–H groups in total. The van der Waals surface area contributed by atoms with Crippen LogP contribution in [-0.4, -0.2) is 30.8 Å². The van der Waals surface area contributed by atoms with Crippen LogP contribution < -0.4 is 4.90 Å². The van der Waals surface area contributed by atoms with Crippen LogP contribution in [0.4, 0.5) is 10.1 Å². The fourth-order valence-corrected chi connectivity index (χ4v) is 2.88. The Balaban J connectivity index is 2.35. The predicted octanol–water partition coefficient (Wildman–Crippen LogP) is 1.83. The van der Waals surface area contributed by atoms with Crippen LogP contribution in [0.3, 0.4) is 0 Å². The summed E-state index contributed by atoms with van der Waals surface area (Å²) in [6.45, 7) is 1.89. The maximum Gasteiger partial charge on any atom is 0.329 e. The molecule has 1 aliphatic heterocycles. The number of benzene rings is 1. The topological polar surface area (TPSA) is 46.6 Å². The van der Waals surface area contributed by atoms with E-state index in [2.05, 4.69) is 0 Å². The standard InChI is InChI=1S/C12H12FNO3S/c1-3-17-12(16)10-11(15)14(2)8-5-4-7(13)6-9(8)18-10/h4-6,10H,3H2,1-2H3. The minimum absolute atomic E-state index is 0.211. The first-order valence-electron chi connectivity index (χ1n) is 5.45. The smallest absolute Gasteiger partial charge is 0.329 e. The Morgan fingerprint density at radius 2 is 2.28 bits per heavy atom. The van der Waals surface area contributed by atoms with Gasteiger partial charge in [0.15, 0.2) is 5.25 Å². The monoisotopic (exact) mass is 269 g/mol. The summed E-state index contributed by atoms with van der Waals surface area (Å²) in [6, 6.07) is 4.12. The van der Waals surface area contributed by atoms with Gasteiger partial charge in [0, 0.05) is 11.9 Å². The molecular weight excluding hydrogens is 257 g/mol. The van der Waals surface area contributed by atoms with E-state index < -0.39 is 17.0 Å². The molecule has 0 radical (unpaired) electrons. The molecule has 6 heteroatoms. The van der Waals surface area contributed by atoms with Gasteiger partial charge in [-0.15, -0.1) is 0 Å². The number of hydrogen-bond donors (Lipinski definition) is 0. The van der Waals surface area contributed by atoms with Gasteiger partial charge in [-0.3, -0.25) is 9.59 Å². The molecule has 0 saturated heterocycles. The van der Waals surface area contributed by atoms with E-state index in [9.17, 15) is 14.0 Å². The zero-order chi connectivity index (χ0) is 13.3. The van der Waals surface area contributed by atoms with Crippen LogP contribution in [0.15, 0.2) is 23.1 Å². The number of thioether (sulfide) groups is 1. The van der Waals surface area contributed by atoms with E-state index in [4.69, 9.17) is 4.74 Å². The zero-order valence-electron chi connectivity index (χ0n) is 9.97. The number of esters is 1. The number of anilines is 1. The van der Waals surface area contributed by atoms with Crippen molar-refractivity contribution in [1.29, 1.82) is 0 Å². The first-order chi connectivity index (χ1) is 8.54. The van der Waals surface area contributed by atoms with Gasteiger partial charge in [-0.1, -0.05) is 11.8 Å². The number of amides is 1. The number of carbonyl (C=O) groups excluding carboxylic acids is 2. The fraction of sp³-hybridized carbons (Fsp3) is 0.333. The van der Waals surface area contributed by atoms with E-state index in [-0.39, 0.29) is 12.5 Å². The van der Waals surface area contributed by atoms with Crippen molar-refractivity contribution in [2.75, 3.05) is 18.6 Å². The van der Waals surface area contributed by atoms with E-state index >= 15 is 0 Å². The molecule has 1 aliphatic rings. The molecular formula is C12H12FNO3S. The Morgan fingerprint density at radius 1 is 1.56 bits per heavy atom. The number of halogens is 1. The molecule has 1 unspecified atom stereocenters. The van der Waals surface area contributed by atoms with Crippen LogP contribution in [0.5, 0.6) is 0 Å². The molecule has 0 fully saturated rings. The number of fused-ring (bicyclic) bond motifs is 1. The normalized spacial score (nSPS) is 18.5. The van der Waals surface area contributed by atoms with Gasteiger partial charge in [0.25, 0.3) is 5.91 Å². The van der Waals surface area contributed by atoms with Gasteiger partial charge in [-0.2, -0.15) is 0 Å². The lowest BCUT2D eigenvalue weighted by Gasteiger charge is -2.29. The van der Waals surface area contributed by atoms with Crippen LogP contribution in [-0.2, 0) is 14.3 Å². The van der Waals surface area contributed by atoms with Crippen LogP contribution in [0.2, 0.25) is 0 Å². The van der Waals surface area contributed by atoms with E-state index in [0.717, 1.165) is 11.8 Å². The zero-order valence-corrected chi connectivity index (χ0v) is 10.8. The van der Waals surface area contributed by atoms with Crippen molar-refractivity contribution in [2.45, 2.75) is 17.1 Å². The van der Waals surface area contributed by atoms with Crippen LogP contribution >= 0.6 is 11.8 Å². The first-order valence-corrected chi connectivity index (χ1v) is 6.33. The Morgan fingerprint density at radius 3 is 2.94 bits per heavy atom. The van der Waals surface area contributed by atoms with Crippen LogP contribution in [0.1, 0.15) is 6.92 Å². The van der Waals surface area contributed by atoms with Crippen molar-refractivity contribution in [2.24, 2.45) is 0 Å². The SMILES string of the molecule is CCOC(=O)C1Sc2cc(F)ccc2N(C)C1=O. The second-order valence-electron chi connectivity index (χ2n) is 3.76. The van der Waals surface area contributed by atoms with Crippen LogP contribution in [0.25, 0.3) is 0 Å². The maximum absolute atomic E-state index is 13.2. The molecule has 1 amide bonds. The summed E-state index contributed by atoms with van der Waals surface area (Å²) in [7, 11) is 1.56. The second kappa shape index (κ2) is 4.97. The van der Waals surface area contributed by atoms with Crippen molar-refractivity contribution in [3.05, 3.63) is 24.0 Å². The summed E-state index contributed by atoms with van der Waals surface area (Å²) in [5, 5.41) is -0.954. The third kappa shape index (κ3) is 2.20. The van der Waals surface area contributed by atoms with Gasteiger partial charge < -0.3 is 9.64 Å². The number of carbonyl (C=O) groups is 2. The first kappa shape index (κ1) is 12.9. The average molecular weight is 269 g/mol. The highest BCUT2D eigenvalue weighted by atomic mass is 32.2. The van der Waals surface area contributed by atoms with Gasteiger partial charge in [-0.05, 0) is 25.1 Å². The lowest BCUT2D eigenvalue weighted by atomic mass is 10.2. The Bertz CT molecular complexity index is 506. The van der Waals surface area contributed by atoms with Gasteiger partial charge in [0.05, 0.1) is 12.3 Å². The van der Waals surface area contributed by atoms with E-state index in [1.54, 1.807) is 14.0 Å². The fourth-order valence-electron chi connectivity index (χ4n) is 1.70. The minimum Gasteiger partial charge on any atom is -0.465 e. The molecule has 1 aromatic carbocycles. The summed E-state index contributed by atoms with van der Waals surface area (Å²) < 4.78 is 18.0. The molecule has 18 heavy (non-hydrogen) atoms. The van der Waals surface area contributed by atoms with Gasteiger partial charge in [-0.25, -0.2) is 4.39 Å². The molecule has 0 aromatic heterocycles. The maximum atomic E-state index is 13.2. The number of nitrogens with zero attached hydrogens (tertiary/aromatic N) is 1. The third-order valence-electron chi connectivity index (χ3n) is 2.58. The molecule has 1 atom stereocenters. The molecule has 0 spiro atoms. The highest BCUT2D eigenvalue weighted by molar-refractivity contribution is 8.01. The summed E-state index contributed by atoms with van der Waals surface area (Å²) in [5.41, 5.74) is 0.604.